The Balaban J connectivity index is 0.761. The standard InChI is InChI=1S/C52H63N11O5/c1-7-33-12-13-35(31(2)24-33)27-53-48(66)43-25-38(64)30-63(43)49(67)46(52(4,5)6)57-51(68)61-21-16-37(17-22-61)60-19-14-34(15-20-60)36-28-54-50(55-29-36)62-23-18-41-45(32(62)3)40-26-42(58-59-47(40)56-41)39-10-8-9-11-44(39)65/h1,8-13,24,26,28-29,32,34,37-38,43,46,64-65H,14-23,25,27,30H2,2-6H3,(H,53,66)(H,56,59)(H,57,68)/t32-,38-,43+,46-/m1/s1. The number of likely N-dealkylation sites (tertiary alicyclic amines) is 3. The lowest BCUT2D eigenvalue weighted by molar-refractivity contribution is -0.142. The van der Waals surface area contributed by atoms with E-state index >= 15 is 0 Å². The average Bonchev–Trinajstić information content (AvgIpc) is 3.93. The molecule has 9 rings (SSSR count). The molecule has 356 valence electrons. The molecule has 3 fully saturated rings. The second-order valence-corrected chi connectivity index (χ2v) is 20.1. The molecule has 0 aliphatic carbocycles. The number of phenolic OH excluding ortho intramolecular Hbond substituents is 1. The first-order valence-electron chi connectivity index (χ1n) is 24.0. The van der Waals surface area contributed by atoms with Crippen molar-refractivity contribution in [3.05, 3.63) is 94.4 Å². The van der Waals surface area contributed by atoms with Crippen molar-refractivity contribution < 1.29 is 24.6 Å². The van der Waals surface area contributed by atoms with Crippen molar-refractivity contribution in [1.82, 2.24) is 50.5 Å². The van der Waals surface area contributed by atoms with Crippen molar-refractivity contribution in [2.45, 2.75) is 116 Å². The molecule has 5 aromatic rings. The third kappa shape index (κ3) is 9.46. The number of aromatic amines is 1. The Morgan fingerprint density at radius 3 is 2.40 bits per heavy atom. The first-order valence-corrected chi connectivity index (χ1v) is 24.0. The first kappa shape index (κ1) is 46.5. The van der Waals surface area contributed by atoms with Gasteiger partial charge < -0.3 is 45.4 Å². The second kappa shape index (κ2) is 19.2. The molecule has 68 heavy (non-hydrogen) atoms. The number of hydrogen-bond acceptors (Lipinski definition) is 11. The summed E-state index contributed by atoms with van der Waals surface area (Å²) < 4.78 is 0. The highest BCUT2D eigenvalue weighted by atomic mass is 16.3. The van der Waals surface area contributed by atoms with Gasteiger partial charge in [0.05, 0.1) is 17.8 Å². The fraction of sp³-hybridized carbons (Fsp3) is 0.481. The summed E-state index contributed by atoms with van der Waals surface area (Å²) in [6, 6.07) is 13.1. The lowest BCUT2D eigenvalue weighted by Crippen LogP contribution is -2.60. The van der Waals surface area contributed by atoms with Crippen LogP contribution in [0.4, 0.5) is 10.7 Å². The molecule has 0 spiro atoms. The smallest absolute Gasteiger partial charge is 0.318 e. The highest BCUT2D eigenvalue weighted by Gasteiger charge is 2.45. The van der Waals surface area contributed by atoms with Crippen LogP contribution in [0.2, 0.25) is 0 Å². The molecule has 4 amide bonds. The van der Waals surface area contributed by atoms with Gasteiger partial charge in [-0.3, -0.25) is 9.59 Å². The Kier molecular flexibility index (Phi) is 13.1. The van der Waals surface area contributed by atoms with Crippen LogP contribution in [0, 0.1) is 24.7 Å². The zero-order valence-electron chi connectivity index (χ0n) is 39.7. The number of fused-ring (bicyclic) bond motifs is 3. The minimum atomic E-state index is -0.902. The zero-order chi connectivity index (χ0) is 47.9. The molecule has 3 saturated heterocycles. The van der Waals surface area contributed by atoms with Crippen molar-refractivity contribution in [2.24, 2.45) is 5.41 Å². The number of phenols is 1. The highest BCUT2D eigenvalue weighted by molar-refractivity contribution is 5.93. The van der Waals surface area contributed by atoms with E-state index in [0.29, 0.717) is 42.3 Å². The minimum absolute atomic E-state index is 0.000746. The number of para-hydroxylation sites is 1. The second-order valence-electron chi connectivity index (χ2n) is 20.1. The van der Waals surface area contributed by atoms with E-state index in [1.807, 2.05) is 76.5 Å². The third-order valence-corrected chi connectivity index (χ3v) is 14.7. The number of rotatable bonds is 9. The van der Waals surface area contributed by atoms with Crippen LogP contribution in [-0.2, 0) is 22.6 Å². The molecule has 0 unspecified atom stereocenters. The fourth-order valence-electron chi connectivity index (χ4n) is 10.8. The molecular weight excluding hydrogens is 859 g/mol. The predicted molar refractivity (Wildman–Crippen MR) is 259 cm³/mol. The molecule has 4 aliphatic rings. The number of hydrogen-bond donors (Lipinski definition) is 5. The normalized spacial score (nSPS) is 21.1. The number of carbonyl (C=O) groups excluding carboxylic acids is 3. The molecule has 0 bridgehead atoms. The molecule has 7 heterocycles. The quantitative estimate of drug-likeness (QED) is 0.116. The Bertz CT molecular complexity index is 2710. The van der Waals surface area contributed by atoms with Crippen molar-refractivity contribution in [2.75, 3.05) is 44.2 Å². The predicted octanol–water partition coefficient (Wildman–Crippen LogP) is 5.58. The fourth-order valence-corrected chi connectivity index (χ4v) is 10.8. The average molecular weight is 922 g/mol. The third-order valence-electron chi connectivity index (χ3n) is 14.7. The molecule has 16 nitrogen and oxygen atoms in total. The number of anilines is 1. The molecule has 16 heteroatoms. The van der Waals surface area contributed by atoms with Gasteiger partial charge in [-0.1, -0.05) is 44.9 Å². The summed E-state index contributed by atoms with van der Waals surface area (Å²) in [5.41, 5.74) is 7.40. The van der Waals surface area contributed by atoms with Crippen molar-refractivity contribution in [3.63, 3.8) is 0 Å². The molecule has 4 aliphatic heterocycles. The topological polar surface area (TPSA) is 196 Å². The maximum absolute atomic E-state index is 14.2. The van der Waals surface area contributed by atoms with Crippen LogP contribution in [0.15, 0.2) is 60.9 Å². The lowest BCUT2D eigenvalue weighted by atomic mass is 9.85. The molecule has 3 aromatic heterocycles. The number of amides is 4. The molecule has 0 saturated carbocycles. The lowest BCUT2D eigenvalue weighted by Gasteiger charge is -2.42. The van der Waals surface area contributed by atoms with Crippen molar-refractivity contribution in [1.29, 1.82) is 0 Å². The van der Waals surface area contributed by atoms with Gasteiger partial charge in [0.2, 0.25) is 17.8 Å². The van der Waals surface area contributed by atoms with Crippen molar-refractivity contribution >= 4 is 34.8 Å². The number of H-pyrrole nitrogens is 1. The van der Waals surface area contributed by atoms with Crippen LogP contribution in [0.25, 0.3) is 22.3 Å². The maximum atomic E-state index is 14.2. The van der Waals surface area contributed by atoms with Crippen LogP contribution in [-0.4, -0.2) is 131 Å². The van der Waals surface area contributed by atoms with Gasteiger partial charge in [0.25, 0.3) is 0 Å². The number of aryl methyl sites for hydroxylation is 1. The number of urea groups is 1. The van der Waals surface area contributed by atoms with Crippen LogP contribution >= 0.6 is 0 Å². The summed E-state index contributed by atoms with van der Waals surface area (Å²) >= 11 is 0. The zero-order valence-corrected chi connectivity index (χ0v) is 39.7. The first-order chi connectivity index (χ1) is 32.7. The highest BCUT2D eigenvalue weighted by Crippen LogP contribution is 2.39. The number of carbonyl (C=O) groups is 3. The van der Waals surface area contributed by atoms with Gasteiger partial charge in [-0.2, -0.15) is 0 Å². The van der Waals surface area contributed by atoms with E-state index in [1.165, 1.54) is 4.90 Å². The summed E-state index contributed by atoms with van der Waals surface area (Å²) in [5.74, 6) is 3.12. The summed E-state index contributed by atoms with van der Waals surface area (Å²) in [5, 5.41) is 37.0. The van der Waals surface area contributed by atoms with Crippen molar-refractivity contribution in [3.8, 4) is 29.4 Å². The minimum Gasteiger partial charge on any atom is -0.507 e. The number of β-amino-alcohol motifs (C(OH)–C–C–N with tert-alkyl or cyclic N) is 1. The largest absolute Gasteiger partial charge is 0.507 e. The monoisotopic (exact) mass is 922 g/mol. The SMILES string of the molecule is C#Cc1ccc(CNC(=O)[C@@H]2C[C@@H](O)CN2C(=O)[C@@H](NC(=O)N2CCC(N3CCC(c4cnc(N5CCc6[nH]c7nnc(-c8ccccc8O)cc7c6[C@H]5C)nc4)CC3)CC2)C(C)(C)C)c(C)c1. The maximum Gasteiger partial charge on any atom is 0.318 e. The number of aliphatic hydroxyl groups is 1. The summed E-state index contributed by atoms with van der Waals surface area (Å²) in [6.45, 7) is 13.9. The van der Waals surface area contributed by atoms with Crippen LogP contribution in [0.5, 0.6) is 5.75 Å². The number of aromatic hydroxyl groups is 1. The van der Waals surface area contributed by atoms with E-state index in [0.717, 1.165) is 96.3 Å². The number of aliphatic hydroxyl groups excluding tert-OH is 1. The van der Waals surface area contributed by atoms with Gasteiger partial charge in [-0.05, 0) is 111 Å². The number of piperidine rings is 2. The number of terminal acetylenes is 1. The molecular formula is C52H63N11O5. The Hall–Kier alpha value is -6.57. The van der Waals surface area contributed by atoms with E-state index < -0.39 is 23.6 Å². The number of nitrogens with one attached hydrogen (secondary N) is 3. The Morgan fingerprint density at radius 1 is 0.971 bits per heavy atom. The molecule has 0 radical (unpaired) electrons. The van der Waals surface area contributed by atoms with E-state index in [2.05, 4.69) is 48.5 Å². The van der Waals surface area contributed by atoms with Gasteiger partial charge >= 0.3 is 6.03 Å². The Morgan fingerprint density at radius 2 is 1.71 bits per heavy atom. The summed E-state index contributed by atoms with van der Waals surface area (Å²) in [4.78, 5) is 62.9. The van der Waals surface area contributed by atoms with Gasteiger partial charge in [0.1, 0.15) is 17.8 Å². The number of aromatic nitrogens is 5. The van der Waals surface area contributed by atoms with Crippen LogP contribution in [0.3, 0.4) is 0 Å². The molecule has 5 N–H and O–H groups in total. The van der Waals surface area contributed by atoms with Gasteiger partial charge in [0.15, 0.2) is 5.65 Å². The summed E-state index contributed by atoms with van der Waals surface area (Å²) in [7, 11) is 0. The number of benzene rings is 2. The van der Waals surface area contributed by atoms with E-state index in [4.69, 9.17) is 16.4 Å². The van der Waals surface area contributed by atoms with E-state index in [-0.39, 0.29) is 49.1 Å². The van der Waals surface area contributed by atoms with Crippen LogP contribution in [0.1, 0.15) is 105 Å². The Labute approximate surface area is 397 Å². The molecule has 2 aromatic carbocycles. The van der Waals surface area contributed by atoms with Crippen LogP contribution < -0.4 is 15.5 Å². The van der Waals surface area contributed by atoms with Gasteiger partial charge in [-0.25, -0.2) is 14.8 Å². The van der Waals surface area contributed by atoms with Gasteiger partial charge in [-0.15, -0.1) is 16.6 Å². The molecule has 4 atom stereocenters. The van der Waals surface area contributed by atoms with E-state index in [9.17, 15) is 24.6 Å². The van der Waals surface area contributed by atoms with Gasteiger partial charge in [0, 0.05) is 91.8 Å². The van der Waals surface area contributed by atoms with E-state index in [1.54, 1.807) is 17.0 Å². The number of nitrogens with zero attached hydrogens (tertiary/aromatic N) is 8. The summed E-state index contributed by atoms with van der Waals surface area (Å²) in [6.07, 6.45) is 13.3.